The average Bonchev–Trinajstić information content (AvgIpc) is 3.40. The lowest BCUT2D eigenvalue weighted by atomic mass is 9.98. The van der Waals surface area contributed by atoms with Crippen LogP contribution in [0.5, 0.6) is 5.75 Å². The predicted octanol–water partition coefficient (Wildman–Crippen LogP) is 5.62. The molecule has 1 aliphatic rings. The number of aliphatic hydroxyl groups excluding tert-OH is 1. The first-order valence-corrected chi connectivity index (χ1v) is 11.0. The van der Waals surface area contributed by atoms with E-state index < -0.39 is 17.7 Å². The Bertz CT molecular complexity index is 1240. The summed E-state index contributed by atoms with van der Waals surface area (Å²) in [5.74, 6) is -0.586. The van der Waals surface area contributed by atoms with Gasteiger partial charge in [0.25, 0.3) is 11.7 Å². The highest BCUT2D eigenvalue weighted by Gasteiger charge is 2.48. The number of amides is 1. The van der Waals surface area contributed by atoms with Gasteiger partial charge in [0.15, 0.2) is 0 Å². The molecule has 1 aromatic heterocycles. The molecule has 6 nitrogen and oxygen atoms in total. The molecular formula is C27H27NO5. The van der Waals surface area contributed by atoms with Gasteiger partial charge in [-0.25, -0.2) is 0 Å². The van der Waals surface area contributed by atoms with E-state index in [1.165, 1.54) is 11.2 Å². The summed E-state index contributed by atoms with van der Waals surface area (Å²) in [6.07, 6.45) is 2.37. The minimum Gasteiger partial charge on any atom is -0.507 e. The number of anilines is 1. The molecule has 0 saturated carbocycles. The van der Waals surface area contributed by atoms with E-state index >= 15 is 0 Å². The fraction of sp³-hybridized carbons (Fsp3) is 0.259. The Morgan fingerprint density at radius 1 is 1.06 bits per heavy atom. The predicted molar refractivity (Wildman–Crippen MR) is 126 cm³/mol. The van der Waals surface area contributed by atoms with Crippen molar-refractivity contribution >= 4 is 23.1 Å². The quantitative estimate of drug-likeness (QED) is 0.303. The third-order valence-corrected chi connectivity index (χ3v) is 5.78. The maximum Gasteiger partial charge on any atom is 0.300 e. The Kier molecular flexibility index (Phi) is 6.09. The molecule has 170 valence electrons. The van der Waals surface area contributed by atoms with E-state index in [1.807, 2.05) is 45.9 Å². The number of benzene rings is 2. The van der Waals surface area contributed by atoms with Crippen molar-refractivity contribution in [3.05, 3.63) is 88.4 Å². The highest BCUT2D eigenvalue weighted by molar-refractivity contribution is 6.51. The van der Waals surface area contributed by atoms with Crippen molar-refractivity contribution < 1.29 is 23.8 Å². The van der Waals surface area contributed by atoms with Crippen molar-refractivity contribution in [2.75, 3.05) is 11.5 Å². The molecule has 0 bridgehead atoms. The Morgan fingerprint density at radius 2 is 1.85 bits per heavy atom. The van der Waals surface area contributed by atoms with Gasteiger partial charge in [-0.05, 0) is 74.7 Å². The van der Waals surface area contributed by atoms with Crippen LogP contribution in [0.4, 0.5) is 5.69 Å². The van der Waals surface area contributed by atoms with Crippen LogP contribution < -0.4 is 9.64 Å². The standard InChI is InChI=1S/C27H27NO5/c1-5-12-32-21-11-9-19(15-18(21)4)25(29)23-24(22-7-6-13-33-22)28(27(31)26(23)30)20-10-8-16(2)14-17(20)3/h6-11,13-15,24,29H,5,12H2,1-4H3/b25-23-. The van der Waals surface area contributed by atoms with Crippen LogP contribution in [0, 0.1) is 20.8 Å². The molecule has 0 aliphatic carbocycles. The lowest BCUT2D eigenvalue weighted by molar-refractivity contribution is -0.132. The largest absolute Gasteiger partial charge is 0.507 e. The third-order valence-electron chi connectivity index (χ3n) is 5.78. The number of carbonyl (C=O) groups is 2. The van der Waals surface area contributed by atoms with Crippen LogP contribution in [-0.4, -0.2) is 23.4 Å². The number of ketones is 1. The zero-order valence-electron chi connectivity index (χ0n) is 19.2. The maximum absolute atomic E-state index is 13.2. The number of ether oxygens (including phenoxy) is 1. The molecule has 1 fully saturated rings. The molecule has 2 heterocycles. The fourth-order valence-electron chi connectivity index (χ4n) is 4.20. The molecule has 1 aliphatic heterocycles. The normalized spacial score (nSPS) is 17.6. The number of carbonyl (C=O) groups excluding carboxylic acids is 2. The summed E-state index contributed by atoms with van der Waals surface area (Å²) in [7, 11) is 0. The van der Waals surface area contributed by atoms with E-state index in [0.29, 0.717) is 29.4 Å². The lowest BCUT2D eigenvalue weighted by Gasteiger charge is -2.25. The topological polar surface area (TPSA) is 80.0 Å². The maximum atomic E-state index is 13.2. The first-order valence-electron chi connectivity index (χ1n) is 11.0. The summed E-state index contributed by atoms with van der Waals surface area (Å²) < 4.78 is 11.3. The zero-order chi connectivity index (χ0) is 23.7. The van der Waals surface area contributed by atoms with Gasteiger partial charge >= 0.3 is 0 Å². The SMILES string of the molecule is CCCOc1ccc(/C(O)=C2/C(=O)C(=O)N(c3ccc(C)cc3C)C2c2ccco2)cc1C. The molecule has 1 N–H and O–H groups in total. The van der Waals surface area contributed by atoms with Gasteiger partial charge in [0.2, 0.25) is 0 Å². The summed E-state index contributed by atoms with van der Waals surface area (Å²) in [5.41, 5.74) is 3.75. The minimum absolute atomic E-state index is 0.00319. The lowest BCUT2D eigenvalue weighted by Crippen LogP contribution is -2.30. The van der Waals surface area contributed by atoms with Crippen molar-refractivity contribution in [1.82, 2.24) is 0 Å². The Labute approximate surface area is 193 Å². The number of nitrogens with zero attached hydrogens (tertiary/aromatic N) is 1. The number of hydrogen-bond acceptors (Lipinski definition) is 5. The smallest absolute Gasteiger partial charge is 0.300 e. The van der Waals surface area contributed by atoms with Gasteiger partial charge in [-0.1, -0.05) is 24.6 Å². The second-order valence-corrected chi connectivity index (χ2v) is 8.30. The summed E-state index contributed by atoms with van der Waals surface area (Å²) in [6.45, 7) is 8.34. The molecule has 4 rings (SSSR count). The molecule has 6 heteroatoms. The number of hydrogen-bond donors (Lipinski definition) is 1. The van der Waals surface area contributed by atoms with Crippen LogP contribution in [0.3, 0.4) is 0 Å². The minimum atomic E-state index is -0.877. The van der Waals surface area contributed by atoms with Crippen LogP contribution >= 0.6 is 0 Å². The molecule has 0 spiro atoms. The van der Waals surface area contributed by atoms with Crippen LogP contribution in [0.1, 0.15) is 47.4 Å². The monoisotopic (exact) mass is 445 g/mol. The number of Topliss-reactive ketones (excluding diaryl/α,β-unsaturated/α-hetero) is 1. The molecule has 1 saturated heterocycles. The van der Waals surface area contributed by atoms with Crippen molar-refractivity contribution in [1.29, 1.82) is 0 Å². The molecular weight excluding hydrogens is 418 g/mol. The van der Waals surface area contributed by atoms with Crippen LogP contribution in [0.15, 0.2) is 64.8 Å². The second kappa shape index (κ2) is 8.98. The third kappa shape index (κ3) is 4.04. The van der Waals surface area contributed by atoms with Crippen molar-refractivity contribution in [3.8, 4) is 5.75 Å². The van der Waals surface area contributed by atoms with E-state index in [9.17, 15) is 14.7 Å². The van der Waals surface area contributed by atoms with E-state index in [4.69, 9.17) is 9.15 Å². The van der Waals surface area contributed by atoms with Crippen LogP contribution in [0.25, 0.3) is 5.76 Å². The van der Waals surface area contributed by atoms with Gasteiger partial charge in [-0.2, -0.15) is 0 Å². The Hall–Kier alpha value is -3.80. The first kappa shape index (κ1) is 22.4. The molecule has 1 amide bonds. The molecule has 1 atom stereocenters. The molecule has 1 unspecified atom stereocenters. The zero-order valence-corrected chi connectivity index (χ0v) is 19.2. The van der Waals surface area contributed by atoms with Crippen LogP contribution in [-0.2, 0) is 9.59 Å². The fourth-order valence-corrected chi connectivity index (χ4v) is 4.20. The second-order valence-electron chi connectivity index (χ2n) is 8.30. The van der Waals surface area contributed by atoms with Gasteiger partial charge in [0.05, 0.1) is 18.4 Å². The van der Waals surface area contributed by atoms with E-state index in [1.54, 1.807) is 30.3 Å². The number of aliphatic hydroxyl groups is 1. The van der Waals surface area contributed by atoms with Gasteiger partial charge in [0, 0.05) is 11.3 Å². The average molecular weight is 446 g/mol. The highest BCUT2D eigenvalue weighted by Crippen LogP contribution is 2.43. The van der Waals surface area contributed by atoms with E-state index in [0.717, 1.165) is 23.1 Å². The molecule has 2 aromatic carbocycles. The van der Waals surface area contributed by atoms with E-state index in [-0.39, 0.29) is 11.3 Å². The van der Waals surface area contributed by atoms with Gasteiger partial charge in [-0.3, -0.25) is 14.5 Å². The van der Waals surface area contributed by atoms with Crippen molar-refractivity contribution in [2.45, 2.75) is 40.2 Å². The first-order chi connectivity index (χ1) is 15.8. The molecule has 0 radical (unpaired) electrons. The summed E-state index contributed by atoms with van der Waals surface area (Å²) >= 11 is 0. The van der Waals surface area contributed by atoms with E-state index in [2.05, 4.69) is 0 Å². The number of aryl methyl sites for hydroxylation is 3. The van der Waals surface area contributed by atoms with Crippen molar-refractivity contribution in [3.63, 3.8) is 0 Å². The van der Waals surface area contributed by atoms with Gasteiger partial charge < -0.3 is 14.3 Å². The Morgan fingerprint density at radius 3 is 2.48 bits per heavy atom. The Balaban J connectivity index is 1.86. The summed E-state index contributed by atoms with van der Waals surface area (Å²) in [5, 5.41) is 11.2. The van der Waals surface area contributed by atoms with Gasteiger partial charge in [0.1, 0.15) is 23.3 Å². The van der Waals surface area contributed by atoms with Gasteiger partial charge in [-0.15, -0.1) is 0 Å². The number of rotatable bonds is 6. The highest BCUT2D eigenvalue weighted by atomic mass is 16.5. The summed E-state index contributed by atoms with van der Waals surface area (Å²) in [6, 6.07) is 13.4. The van der Waals surface area contributed by atoms with Crippen LogP contribution in [0.2, 0.25) is 0 Å². The summed E-state index contributed by atoms with van der Waals surface area (Å²) in [4.78, 5) is 27.8. The number of furan rings is 1. The molecule has 33 heavy (non-hydrogen) atoms. The molecule has 3 aromatic rings. The van der Waals surface area contributed by atoms with Crippen molar-refractivity contribution in [2.24, 2.45) is 0 Å².